The van der Waals surface area contributed by atoms with Gasteiger partial charge in [0, 0.05) is 0 Å². The SMILES string of the molecule is C.C.C.C.C.C=C(C)C(C)C.CC(C)CC1=Cc2ccccc2C1.CC(C)CC1CC2CCC1C2.CC(C)CC1CCCCC1.CC(C)CC1CCCCC1.CC(C)CC1CCCCC1.CC(C)CC1Cc2ccccc2C1. The van der Waals surface area contributed by atoms with Crippen molar-refractivity contribution in [1.82, 2.24) is 0 Å². The molecule has 2 aromatic carbocycles. The minimum Gasteiger partial charge on any atom is -0.0999 e. The Morgan fingerprint density at radius 3 is 1.09 bits per heavy atom. The Labute approximate surface area is 495 Å². The van der Waals surface area contributed by atoms with Crippen molar-refractivity contribution in [2.45, 2.75) is 321 Å². The maximum Gasteiger partial charge on any atom is -0.00577 e. The molecule has 0 heterocycles. The van der Waals surface area contributed by atoms with Crippen molar-refractivity contribution < 1.29 is 0 Å². The summed E-state index contributed by atoms with van der Waals surface area (Å²) < 4.78 is 0. The number of rotatable bonds is 13. The molecule has 0 radical (unpaired) electrons. The van der Waals surface area contributed by atoms with Gasteiger partial charge in [-0.3, -0.25) is 0 Å². The molecule has 0 heteroatoms. The first-order chi connectivity index (χ1) is 34.8. The lowest BCUT2D eigenvalue weighted by atomic mass is 9.83. The summed E-state index contributed by atoms with van der Waals surface area (Å²) in [6.07, 6.45) is 43.5. The van der Waals surface area contributed by atoms with E-state index in [-0.39, 0.29) is 37.1 Å². The highest BCUT2D eigenvalue weighted by molar-refractivity contribution is 5.63. The summed E-state index contributed by atoms with van der Waals surface area (Å²) >= 11 is 0. The fourth-order valence-corrected chi connectivity index (χ4v) is 14.0. The molecule has 0 saturated heterocycles. The smallest absolute Gasteiger partial charge is 0.00577 e. The Kier molecular flexibility index (Phi) is 46.7. The first-order valence-electron chi connectivity index (χ1n) is 32.3. The van der Waals surface area contributed by atoms with E-state index in [2.05, 4.69) is 158 Å². The maximum absolute atomic E-state index is 3.75. The van der Waals surface area contributed by atoms with Crippen LogP contribution < -0.4 is 0 Å². The van der Waals surface area contributed by atoms with Gasteiger partial charge in [0.05, 0.1) is 0 Å². The zero-order chi connectivity index (χ0) is 53.7. The van der Waals surface area contributed by atoms with E-state index in [1.165, 1.54) is 171 Å². The van der Waals surface area contributed by atoms with Crippen LogP contribution in [-0.2, 0) is 19.3 Å². The Balaban J connectivity index is -0.000000840. The van der Waals surface area contributed by atoms with Crippen LogP contribution >= 0.6 is 0 Å². The van der Waals surface area contributed by atoms with Crippen molar-refractivity contribution in [2.24, 2.45) is 82.9 Å². The van der Waals surface area contributed by atoms with Crippen molar-refractivity contribution in [3.05, 3.63) is 88.5 Å². The molecule has 0 nitrogen and oxygen atoms in total. The molecule has 2 bridgehead atoms. The lowest BCUT2D eigenvalue weighted by molar-refractivity contribution is 0.283. The van der Waals surface area contributed by atoms with Gasteiger partial charge in [0.2, 0.25) is 0 Å². The van der Waals surface area contributed by atoms with Crippen LogP contribution in [0.2, 0.25) is 0 Å². The number of allylic oxidation sites excluding steroid dienone is 2. The molecule has 3 atom stereocenters. The van der Waals surface area contributed by atoms with Gasteiger partial charge in [0.1, 0.15) is 0 Å². The van der Waals surface area contributed by atoms with E-state index in [1.807, 2.05) is 6.92 Å². The highest BCUT2D eigenvalue weighted by Crippen LogP contribution is 2.50. The van der Waals surface area contributed by atoms with E-state index in [0.29, 0.717) is 5.92 Å². The van der Waals surface area contributed by atoms with Crippen molar-refractivity contribution >= 4 is 6.08 Å². The second-order valence-electron chi connectivity index (χ2n) is 28.4. The molecule has 3 unspecified atom stereocenters. The van der Waals surface area contributed by atoms with Gasteiger partial charge in [-0.2, -0.15) is 0 Å². The summed E-state index contributed by atoms with van der Waals surface area (Å²) in [7, 11) is 0. The second kappa shape index (κ2) is 45.4. The summed E-state index contributed by atoms with van der Waals surface area (Å²) in [6, 6.07) is 17.6. The van der Waals surface area contributed by atoms with Gasteiger partial charge in [-0.25, -0.2) is 0 Å². The highest BCUT2D eigenvalue weighted by Gasteiger charge is 2.39. The lowest BCUT2D eigenvalue weighted by Gasteiger charge is -2.22. The van der Waals surface area contributed by atoms with E-state index in [0.717, 1.165) is 76.9 Å². The summed E-state index contributed by atoms with van der Waals surface area (Å²) in [6.45, 7) is 38.1. The first-order valence-corrected chi connectivity index (χ1v) is 32.3. The van der Waals surface area contributed by atoms with Gasteiger partial charge >= 0.3 is 0 Å². The third kappa shape index (κ3) is 35.7. The third-order valence-corrected chi connectivity index (χ3v) is 17.7. The van der Waals surface area contributed by atoms with Crippen molar-refractivity contribution in [3.8, 4) is 0 Å². The first kappa shape index (κ1) is 80.1. The van der Waals surface area contributed by atoms with E-state index in [1.54, 1.807) is 42.4 Å². The molecular weight excluding hydrogens is 937 g/mol. The minimum atomic E-state index is 0. The molecule has 0 N–H and O–H groups in total. The van der Waals surface area contributed by atoms with Crippen LogP contribution in [-0.4, -0.2) is 0 Å². The maximum atomic E-state index is 3.75. The quantitative estimate of drug-likeness (QED) is 0.175. The Hall–Kier alpha value is -2.08. The zero-order valence-electron chi connectivity index (χ0n) is 51.8. The normalized spacial score (nSPS) is 20.3. The van der Waals surface area contributed by atoms with E-state index in [4.69, 9.17) is 0 Å². The molecule has 7 aliphatic carbocycles. The van der Waals surface area contributed by atoms with Crippen molar-refractivity contribution in [3.63, 3.8) is 0 Å². The van der Waals surface area contributed by atoms with Crippen molar-refractivity contribution in [2.75, 3.05) is 0 Å². The molecule has 0 amide bonds. The van der Waals surface area contributed by atoms with Crippen LogP contribution in [0.1, 0.15) is 324 Å². The summed E-state index contributed by atoms with van der Waals surface area (Å²) in [4.78, 5) is 0. The Bertz CT molecular complexity index is 1620. The van der Waals surface area contributed by atoms with Gasteiger partial charge in [-0.05, 0) is 189 Å². The molecule has 7 aliphatic rings. The molecule has 9 rings (SSSR count). The average Bonchev–Trinajstić information content (AvgIpc) is 4.14. The van der Waals surface area contributed by atoms with Crippen molar-refractivity contribution in [1.29, 1.82) is 0 Å². The second-order valence-corrected chi connectivity index (χ2v) is 28.4. The topological polar surface area (TPSA) is 0 Å². The molecule has 0 aliphatic heterocycles. The molecule has 0 aromatic heterocycles. The predicted molar refractivity (Wildman–Crippen MR) is 364 cm³/mol. The van der Waals surface area contributed by atoms with Crippen LogP contribution in [0.5, 0.6) is 0 Å². The molecule has 5 saturated carbocycles. The summed E-state index contributed by atoms with van der Waals surface area (Å²) in [5.74, 6) is 13.5. The number of hydrogen-bond acceptors (Lipinski definition) is 0. The van der Waals surface area contributed by atoms with Gasteiger partial charge in [0.25, 0.3) is 0 Å². The van der Waals surface area contributed by atoms with Crippen LogP contribution in [0.25, 0.3) is 6.08 Å². The fourth-order valence-electron chi connectivity index (χ4n) is 14.0. The largest absolute Gasteiger partial charge is 0.0999 e. The highest BCUT2D eigenvalue weighted by atomic mass is 14.4. The Morgan fingerprint density at radius 1 is 0.423 bits per heavy atom. The van der Waals surface area contributed by atoms with E-state index >= 15 is 0 Å². The lowest BCUT2D eigenvalue weighted by Crippen LogP contribution is -2.12. The Morgan fingerprint density at radius 2 is 0.782 bits per heavy atom. The van der Waals surface area contributed by atoms with Crippen LogP contribution in [0.15, 0.2) is 66.3 Å². The number of fused-ring (bicyclic) bond motifs is 4. The average molecular weight is 1080 g/mol. The van der Waals surface area contributed by atoms with Gasteiger partial charge in [0.15, 0.2) is 0 Å². The van der Waals surface area contributed by atoms with Crippen LogP contribution in [0.3, 0.4) is 0 Å². The third-order valence-electron chi connectivity index (χ3n) is 17.7. The van der Waals surface area contributed by atoms with E-state index < -0.39 is 0 Å². The van der Waals surface area contributed by atoms with Gasteiger partial charge in [-0.1, -0.05) is 309 Å². The van der Waals surface area contributed by atoms with Crippen LogP contribution in [0, 0.1) is 82.9 Å². The monoisotopic (exact) mass is 1080 g/mol. The van der Waals surface area contributed by atoms with Gasteiger partial charge < -0.3 is 0 Å². The van der Waals surface area contributed by atoms with Crippen LogP contribution in [0.4, 0.5) is 0 Å². The predicted octanol–water partition coefficient (Wildman–Crippen LogP) is 26.8. The molecular formula is C78H146. The molecule has 0 spiro atoms. The molecule has 458 valence electrons. The molecule has 2 aromatic rings. The fraction of sp³-hybridized carbons (Fsp3) is 0.795. The summed E-state index contributed by atoms with van der Waals surface area (Å²) in [5.41, 5.74) is 8.96. The minimum absolute atomic E-state index is 0. The molecule has 78 heavy (non-hydrogen) atoms. The standard InChI is InChI=1S/C13H18.C13H16.C11H20.3C10H20.C6H12.5CH4/c2*1-10(2)7-11-8-12-5-3-4-6-13(12)9-11;1-8(2)5-11-7-9-3-4-10(11)6-9;3*1-9(2)8-10-6-4-3-5-7-10;1-5(2)6(3)4;;;;;/h3-6,10-11H,7-9H2,1-2H3;3-6,8,10H,7,9H2,1-2H3;8-11H,3-7H2,1-2H3;3*9-10H,3-8H2,1-2H3;6H,1H2,2-4H3;5*1H4. The number of hydrogen-bond donors (Lipinski definition) is 0. The number of benzene rings is 2. The summed E-state index contributed by atoms with van der Waals surface area (Å²) in [5, 5.41) is 0. The zero-order valence-corrected chi connectivity index (χ0v) is 51.8. The van der Waals surface area contributed by atoms with Gasteiger partial charge in [-0.15, -0.1) is 0 Å². The van der Waals surface area contributed by atoms with E-state index in [9.17, 15) is 0 Å². The molecule has 5 fully saturated rings.